The Bertz CT molecular complexity index is 2080. The number of halogens is 28. The minimum absolute atomic E-state index is 0.0527. The first-order chi connectivity index (χ1) is 44.7. The molecule has 26 nitrogen and oxygen atoms in total. The van der Waals surface area contributed by atoms with E-state index in [1.54, 1.807) is 0 Å². The summed E-state index contributed by atoms with van der Waals surface area (Å²) in [5, 5.41) is 76.7. The van der Waals surface area contributed by atoms with Gasteiger partial charge in [0.2, 0.25) is 0 Å². The molecular formula is C45H64F28O26. The molecule has 0 amide bonds. The van der Waals surface area contributed by atoms with Crippen LogP contribution in [0.5, 0.6) is 0 Å². The molecule has 0 aliphatic carbocycles. The van der Waals surface area contributed by atoms with E-state index in [4.69, 9.17) is 39.4 Å². The highest BCUT2D eigenvalue weighted by atomic mass is 19.4. The van der Waals surface area contributed by atoms with E-state index in [0.717, 1.165) is 0 Å². The second-order valence-electron chi connectivity index (χ2n) is 19.9. The summed E-state index contributed by atoms with van der Waals surface area (Å²) in [5.74, 6) is 0. The Morgan fingerprint density at radius 3 is 0.485 bits per heavy atom. The van der Waals surface area contributed by atoms with Crippen molar-refractivity contribution < 1.29 is 249 Å². The van der Waals surface area contributed by atoms with Crippen molar-refractivity contribution in [1.29, 1.82) is 0 Å². The number of alkyl halides is 28. The lowest BCUT2D eigenvalue weighted by atomic mass is 9.92. The van der Waals surface area contributed by atoms with Gasteiger partial charge in [-0.1, -0.05) is 0 Å². The van der Waals surface area contributed by atoms with Crippen molar-refractivity contribution in [2.24, 2.45) is 5.41 Å². The van der Waals surface area contributed by atoms with Gasteiger partial charge in [0.1, 0.15) is 76.3 Å². The predicted molar refractivity (Wildman–Crippen MR) is 251 cm³/mol. The number of aliphatic hydroxyl groups excluding tert-OH is 8. The summed E-state index contributed by atoms with van der Waals surface area (Å²) in [6.07, 6.45) is -96.2. The molecule has 99 heavy (non-hydrogen) atoms. The van der Waals surface area contributed by atoms with Crippen molar-refractivity contribution in [3.8, 4) is 0 Å². The standard InChI is InChI=1S/C45H64F28O26/c1-82-38(58,59)40(62,63)94-32(46,47)21-90-11-27(78)7-84-15-31(16-85-8-28(79)12-91-22-33(48,49)95-41(64,65)39(60,61)83-2,17-86-9-29(80)13-92-23-36(54,55)98-44(70,71)42(66,67)96-34(50,51)19-88-5-25(76)3-74)18-87-10-30(81)14-93-24-37(56,57)99-45(72,73)43(68,69)97-35(52,53)20-89-6-26(77)4-75/h25-30,74-81H,3-24H2,1-2H3. The summed E-state index contributed by atoms with van der Waals surface area (Å²) in [7, 11) is -0.105. The summed E-state index contributed by atoms with van der Waals surface area (Å²) in [4.78, 5) is 0. The molecule has 0 aromatic carbocycles. The molecule has 0 bridgehead atoms. The van der Waals surface area contributed by atoms with Gasteiger partial charge in [0.15, 0.2) is 0 Å². The van der Waals surface area contributed by atoms with Gasteiger partial charge in [-0.3, -0.25) is 0 Å². The number of aliphatic hydroxyl groups is 8. The largest absolute Gasteiger partial charge is 0.453 e. The van der Waals surface area contributed by atoms with Crippen LogP contribution in [-0.2, 0) is 85.3 Å². The van der Waals surface area contributed by atoms with Crippen LogP contribution in [0.3, 0.4) is 0 Å². The average Bonchev–Trinajstić information content (AvgIpc) is 0.801. The lowest BCUT2D eigenvalue weighted by molar-refractivity contribution is -0.516. The Kier molecular flexibility index (Phi) is 38.7. The molecule has 0 aromatic heterocycles. The lowest BCUT2D eigenvalue weighted by Gasteiger charge is -2.34. The van der Waals surface area contributed by atoms with E-state index < -0.39 is 273 Å². The maximum Gasteiger partial charge on any atom is 0.453 e. The van der Waals surface area contributed by atoms with E-state index in [0.29, 0.717) is 0 Å². The van der Waals surface area contributed by atoms with Crippen LogP contribution in [-0.4, -0.2) is 323 Å². The zero-order valence-electron chi connectivity index (χ0n) is 50.0. The molecule has 0 spiro atoms. The van der Waals surface area contributed by atoms with Crippen LogP contribution in [0, 0.1) is 5.41 Å². The molecule has 0 aliphatic rings. The van der Waals surface area contributed by atoms with Crippen molar-refractivity contribution in [1.82, 2.24) is 0 Å². The normalized spacial score (nSPS) is 17.0. The smallest absolute Gasteiger partial charge is 0.394 e. The van der Waals surface area contributed by atoms with Gasteiger partial charge in [-0.05, 0) is 0 Å². The molecule has 0 radical (unpaired) electrons. The fourth-order valence-corrected chi connectivity index (χ4v) is 5.97. The maximum absolute atomic E-state index is 14.3. The maximum atomic E-state index is 14.3. The van der Waals surface area contributed by atoms with Crippen LogP contribution >= 0.6 is 0 Å². The van der Waals surface area contributed by atoms with Gasteiger partial charge < -0.3 is 97.7 Å². The molecule has 0 rings (SSSR count). The second kappa shape index (κ2) is 39.9. The van der Waals surface area contributed by atoms with Gasteiger partial charge in [-0.25, -0.2) is 28.4 Å². The summed E-state index contributed by atoms with van der Waals surface area (Å²) in [5.41, 5.74) is -2.41. The molecule has 0 fully saturated rings. The monoisotopic (exact) mass is 1550 g/mol. The van der Waals surface area contributed by atoms with E-state index in [2.05, 4.69) is 66.3 Å². The molecule has 0 heterocycles. The summed E-state index contributed by atoms with van der Waals surface area (Å²) < 4.78 is 457. The molecule has 596 valence electrons. The van der Waals surface area contributed by atoms with Gasteiger partial charge >= 0.3 is 85.5 Å². The zero-order valence-corrected chi connectivity index (χ0v) is 50.0. The molecule has 54 heteroatoms. The quantitative estimate of drug-likeness (QED) is 0.0399. The van der Waals surface area contributed by atoms with E-state index in [-0.39, 0.29) is 14.2 Å². The molecule has 0 aromatic rings. The third kappa shape index (κ3) is 37.0. The van der Waals surface area contributed by atoms with Gasteiger partial charge in [0.05, 0.1) is 111 Å². The number of ether oxygens (including phenoxy) is 18. The van der Waals surface area contributed by atoms with Crippen molar-refractivity contribution in [2.45, 2.75) is 122 Å². The Morgan fingerprint density at radius 2 is 0.343 bits per heavy atom. The van der Waals surface area contributed by atoms with E-state index in [1.165, 1.54) is 0 Å². The van der Waals surface area contributed by atoms with Gasteiger partial charge in [-0.15, -0.1) is 0 Å². The molecule has 6 atom stereocenters. The van der Waals surface area contributed by atoms with E-state index >= 15 is 0 Å². The van der Waals surface area contributed by atoms with Crippen LogP contribution in [0.25, 0.3) is 0 Å². The van der Waals surface area contributed by atoms with Crippen LogP contribution < -0.4 is 0 Å². The highest BCUT2D eigenvalue weighted by Crippen LogP contribution is 2.46. The van der Waals surface area contributed by atoms with Crippen LogP contribution in [0.2, 0.25) is 0 Å². The first-order valence-corrected chi connectivity index (χ1v) is 26.4. The molecule has 8 N–H and O–H groups in total. The number of hydrogen-bond acceptors (Lipinski definition) is 26. The molecule has 0 saturated carbocycles. The Balaban J connectivity index is 6.79. The minimum atomic E-state index is -6.70. The first kappa shape index (κ1) is 96.0. The first-order valence-electron chi connectivity index (χ1n) is 26.4. The van der Waals surface area contributed by atoms with Crippen molar-refractivity contribution in [2.75, 3.05) is 160 Å². The fraction of sp³-hybridized carbons (Fsp3) is 1.00. The lowest BCUT2D eigenvalue weighted by Crippen LogP contribution is -2.53. The average molecular weight is 1550 g/mol. The predicted octanol–water partition coefficient (Wildman–Crippen LogP) is 3.98. The summed E-state index contributed by atoms with van der Waals surface area (Å²) in [6, 6.07) is 0. The van der Waals surface area contributed by atoms with E-state index in [9.17, 15) is 143 Å². The van der Waals surface area contributed by atoms with Crippen molar-refractivity contribution >= 4 is 0 Å². The Hall–Kier alpha value is -3.00. The van der Waals surface area contributed by atoms with E-state index in [1.807, 2.05) is 0 Å². The number of methoxy groups -OCH3 is 2. The molecule has 0 saturated heterocycles. The highest BCUT2D eigenvalue weighted by Gasteiger charge is 2.70. The summed E-state index contributed by atoms with van der Waals surface area (Å²) in [6.45, 7) is -35.9. The Labute approximate surface area is 536 Å². The van der Waals surface area contributed by atoms with Crippen LogP contribution in [0.4, 0.5) is 123 Å². The number of rotatable bonds is 60. The fourth-order valence-electron chi connectivity index (χ4n) is 5.97. The highest BCUT2D eigenvalue weighted by molar-refractivity contribution is 4.82. The topological polar surface area (TPSA) is 328 Å². The number of hydrogen-bond donors (Lipinski definition) is 8. The third-order valence-corrected chi connectivity index (χ3v) is 10.3. The van der Waals surface area contributed by atoms with Crippen molar-refractivity contribution in [3.05, 3.63) is 0 Å². The molecular weight excluding hydrogens is 1490 g/mol. The third-order valence-electron chi connectivity index (χ3n) is 10.3. The second-order valence-corrected chi connectivity index (χ2v) is 19.9. The molecule has 6 unspecified atom stereocenters. The van der Waals surface area contributed by atoms with Crippen LogP contribution in [0.1, 0.15) is 0 Å². The van der Waals surface area contributed by atoms with Gasteiger partial charge in [-0.2, -0.15) is 123 Å². The zero-order chi connectivity index (χ0) is 77.2. The molecule has 0 aliphatic heterocycles. The van der Waals surface area contributed by atoms with Crippen LogP contribution in [0.15, 0.2) is 0 Å². The summed E-state index contributed by atoms with van der Waals surface area (Å²) >= 11 is 0. The minimum Gasteiger partial charge on any atom is -0.394 e. The van der Waals surface area contributed by atoms with Gasteiger partial charge in [0, 0.05) is 14.2 Å². The van der Waals surface area contributed by atoms with Crippen molar-refractivity contribution in [3.63, 3.8) is 0 Å². The van der Waals surface area contributed by atoms with Gasteiger partial charge in [0.25, 0.3) is 0 Å². The Morgan fingerprint density at radius 1 is 0.212 bits per heavy atom. The SMILES string of the molecule is COC(F)(F)C(F)(F)OC(F)(F)COCC(O)COCC(COCC(O)COCC(F)(F)OC(F)(F)C(F)(F)OC)(COCC(O)COCC(F)(F)OC(F)(F)C(F)(F)OC(F)(F)COCC(O)CO)COCC(O)COCC(F)(F)OC(F)(F)C(F)(F)OC(F)(F)COCC(O)CO.